The Morgan fingerprint density at radius 2 is 2.24 bits per heavy atom. The highest BCUT2D eigenvalue weighted by atomic mass is 32.2. The molecule has 1 rings (SSSR count). The Morgan fingerprint density at radius 3 is 2.71 bits per heavy atom. The first kappa shape index (κ1) is 14.1. The summed E-state index contributed by atoms with van der Waals surface area (Å²) in [6, 6.07) is 0. The first-order valence-corrected chi connectivity index (χ1v) is 7.06. The third-order valence-electron chi connectivity index (χ3n) is 2.60. The van der Waals surface area contributed by atoms with Gasteiger partial charge in [0.15, 0.2) is 5.03 Å². The van der Waals surface area contributed by atoms with E-state index in [9.17, 15) is 8.42 Å². The van der Waals surface area contributed by atoms with E-state index < -0.39 is 10.0 Å². The van der Waals surface area contributed by atoms with Crippen LogP contribution in [0.15, 0.2) is 11.2 Å². The molecule has 17 heavy (non-hydrogen) atoms. The minimum atomic E-state index is -3.47. The number of hydrogen-bond acceptors (Lipinski definition) is 4. The van der Waals surface area contributed by atoms with Crippen molar-refractivity contribution in [1.29, 1.82) is 0 Å². The number of nitrogens with one attached hydrogen (secondary N) is 1. The Labute approximate surface area is 102 Å². The number of nitrogens with zero attached hydrogens (tertiary/aromatic N) is 2. The van der Waals surface area contributed by atoms with Crippen LogP contribution in [0.1, 0.15) is 19.7 Å². The fraction of sp³-hybridized carbons (Fsp3) is 0.700. The van der Waals surface area contributed by atoms with Gasteiger partial charge in [0.25, 0.3) is 10.0 Å². The Hall–Kier alpha value is -0.920. The van der Waals surface area contributed by atoms with Crippen LogP contribution in [0.2, 0.25) is 0 Å². The summed E-state index contributed by atoms with van der Waals surface area (Å²) in [6.45, 7) is 4.69. The number of sulfonamides is 1. The lowest BCUT2D eigenvalue weighted by molar-refractivity contribution is 0.403. The third-order valence-corrected chi connectivity index (χ3v) is 4.33. The van der Waals surface area contributed by atoms with Crippen LogP contribution >= 0.6 is 0 Å². The lowest BCUT2D eigenvalue weighted by Crippen LogP contribution is -2.33. The van der Waals surface area contributed by atoms with E-state index in [1.165, 1.54) is 10.5 Å². The van der Waals surface area contributed by atoms with Gasteiger partial charge < -0.3 is 10.7 Å². The second-order valence-corrected chi connectivity index (χ2v) is 6.19. The molecule has 0 aromatic carbocycles. The van der Waals surface area contributed by atoms with E-state index in [1.54, 1.807) is 7.05 Å². The lowest BCUT2D eigenvalue weighted by Gasteiger charge is -2.19. The van der Waals surface area contributed by atoms with E-state index in [-0.39, 0.29) is 10.9 Å². The van der Waals surface area contributed by atoms with E-state index >= 15 is 0 Å². The summed E-state index contributed by atoms with van der Waals surface area (Å²) in [7, 11) is -1.92. The van der Waals surface area contributed by atoms with Crippen LogP contribution < -0.4 is 5.73 Å². The zero-order chi connectivity index (χ0) is 13.1. The molecule has 1 heterocycles. The van der Waals surface area contributed by atoms with E-state index in [4.69, 9.17) is 5.73 Å². The molecule has 6 nitrogen and oxygen atoms in total. The predicted molar refractivity (Wildman–Crippen MR) is 66.0 cm³/mol. The summed E-state index contributed by atoms with van der Waals surface area (Å²) in [5, 5.41) is 0.140. The number of rotatable bonds is 6. The average molecular weight is 260 g/mol. The molecular weight excluding hydrogens is 240 g/mol. The maximum absolute atomic E-state index is 12.1. The molecule has 0 fully saturated rings. The molecule has 0 aliphatic carbocycles. The van der Waals surface area contributed by atoms with Crippen LogP contribution in [-0.2, 0) is 16.4 Å². The normalized spacial score (nSPS) is 14.2. The molecule has 0 amide bonds. The molecule has 0 saturated heterocycles. The summed E-state index contributed by atoms with van der Waals surface area (Å²) >= 11 is 0. The van der Waals surface area contributed by atoms with Gasteiger partial charge >= 0.3 is 0 Å². The summed E-state index contributed by atoms with van der Waals surface area (Å²) in [6.07, 6.45) is 2.04. The van der Waals surface area contributed by atoms with Gasteiger partial charge in [-0.2, -0.15) is 4.31 Å². The first-order chi connectivity index (χ1) is 7.91. The number of aryl methyl sites for hydroxylation is 1. The fourth-order valence-electron chi connectivity index (χ4n) is 1.43. The van der Waals surface area contributed by atoms with Crippen molar-refractivity contribution in [2.45, 2.75) is 25.3 Å². The maximum atomic E-state index is 12.1. The summed E-state index contributed by atoms with van der Waals surface area (Å²) in [4.78, 5) is 6.80. The number of aromatic amines is 1. The standard InChI is InChI=1S/C10H20N4O2S/c1-4-9-12-6-10(13-9)17(15,16)14(3)7-8(2)5-11/h6,8H,4-5,7,11H2,1-3H3,(H,12,13). The largest absolute Gasteiger partial charge is 0.332 e. The predicted octanol–water partition coefficient (Wildman–Crippen LogP) is 0.187. The van der Waals surface area contributed by atoms with Crippen LogP contribution in [0.3, 0.4) is 0 Å². The number of H-pyrrole nitrogens is 1. The Kier molecular flexibility index (Phi) is 4.67. The van der Waals surface area contributed by atoms with Crippen molar-refractivity contribution in [3.8, 4) is 0 Å². The van der Waals surface area contributed by atoms with Gasteiger partial charge in [0.05, 0.1) is 6.20 Å². The van der Waals surface area contributed by atoms with Gasteiger partial charge in [0.2, 0.25) is 0 Å². The molecule has 0 bridgehead atoms. The fourth-order valence-corrected chi connectivity index (χ4v) is 2.65. The smallest absolute Gasteiger partial charge is 0.259 e. The van der Waals surface area contributed by atoms with Crippen LogP contribution in [-0.4, -0.2) is 42.8 Å². The monoisotopic (exact) mass is 260 g/mol. The Balaban J connectivity index is 2.87. The highest BCUT2D eigenvalue weighted by Crippen LogP contribution is 2.13. The molecule has 0 aliphatic rings. The zero-order valence-corrected chi connectivity index (χ0v) is 11.3. The minimum absolute atomic E-state index is 0.128. The van der Waals surface area contributed by atoms with Crippen LogP contribution in [0.5, 0.6) is 0 Å². The molecule has 7 heteroatoms. The van der Waals surface area contributed by atoms with Crippen molar-refractivity contribution in [2.24, 2.45) is 11.7 Å². The Morgan fingerprint density at radius 1 is 1.59 bits per heavy atom. The van der Waals surface area contributed by atoms with Crippen LogP contribution in [0.25, 0.3) is 0 Å². The highest BCUT2D eigenvalue weighted by Gasteiger charge is 2.23. The second kappa shape index (κ2) is 5.61. The van der Waals surface area contributed by atoms with Gasteiger partial charge in [-0.25, -0.2) is 13.4 Å². The van der Waals surface area contributed by atoms with Crippen molar-refractivity contribution in [3.05, 3.63) is 12.0 Å². The van der Waals surface area contributed by atoms with Crippen molar-refractivity contribution in [2.75, 3.05) is 20.1 Å². The van der Waals surface area contributed by atoms with Gasteiger partial charge in [-0.1, -0.05) is 13.8 Å². The number of nitrogens with two attached hydrogens (primary N) is 1. The number of hydrogen-bond donors (Lipinski definition) is 2. The number of imidazole rings is 1. The minimum Gasteiger partial charge on any atom is -0.332 e. The van der Waals surface area contributed by atoms with Gasteiger partial charge in [0.1, 0.15) is 5.82 Å². The molecule has 1 aromatic heterocycles. The van der Waals surface area contributed by atoms with E-state index in [2.05, 4.69) is 9.97 Å². The second-order valence-electron chi connectivity index (χ2n) is 4.17. The van der Waals surface area contributed by atoms with Crippen LogP contribution in [0.4, 0.5) is 0 Å². The third kappa shape index (κ3) is 3.27. The van der Waals surface area contributed by atoms with Gasteiger partial charge in [-0.15, -0.1) is 0 Å². The van der Waals surface area contributed by atoms with Gasteiger partial charge in [-0.05, 0) is 12.5 Å². The molecule has 1 unspecified atom stereocenters. The van der Waals surface area contributed by atoms with Gasteiger partial charge in [-0.3, -0.25) is 0 Å². The zero-order valence-electron chi connectivity index (χ0n) is 10.5. The van der Waals surface area contributed by atoms with Crippen LogP contribution in [0, 0.1) is 5.92 Å². The summed E-state index contributed by atoms with van der Waals surface area (Å²) in [5.74, 6) is 0.798. The molecule has 0 spiro atoms. The SMILES string of the molecule is CCc1ncc(S(=O)(=O)N(C)CC(C)CN)[nH]1. The van der Waals surface area contributed by atoms with Crippen molar-refractivity contribution >= 4 is 10.0 Å². The molecule has 0 saturated carbocycles. The van der Waals surface area contributed by atoms with E-state index in [0.29, 0.717) is 25.3 Å². The number of aromatic nitrogens is 2. The topological polar surface area (TPSA) is 92.1 Å². The highest BCUT2D eigenvalue weighted by molar-refractivity contribution is 7.89. The van der Waals surface area contributed by atoms with E-state index in [0.717, 1.165) is 0 Å². The lowest BCUT2D eigenvalue weighted by atomic mass is 10.2. The molecular formula is C10H20N4O2S. The Bertz CT molecular complexity index is 455. The van der Waals surface area contributed by atoms with Crippen molar-refractivity contribution in [1.82, 2.24) is 14.3 Å². The van der Waals surface area contributed by atoms with E-state index in [1.807, 2.05) is 13.8 Å². The molecule has 1 atom stereocenters. The molecule has 98 valence electrons. The molecule has 0 radical (unpaired) electrons. The molecule has 3 N–H and O–H groups in total. The first-order valence-electron chi connectivity index (χ1n) is 5.62. The molecule has 1 aromatic rings. The summed E-state index contributed by atoms with van der Waals surface area (Å²) < 4.78 is 25.6. The maximum Gasteiger partial charge on any atom is 0.259 e. The van der Waals surface area contributed by atoms with Crippen molar-refractivity contribution in [3.63, 3.8) is 0 Å². The average Bonchev–Trinajstić information content (AvgIpc) is 2.77. The quantitative estimate of drug-likeness (QED) is 0.763. The molecule has 0 aliphatic heterocycles. The summed E-state index contributed by atoms with van der Waals surface area (Å²) in [5.41, 5.74) is 5.49. The van der Waals surface area contributed by atoms with Gasteiger partial charge in [0, 0.05) is 20.0 Å². The van der Waals surface area contributed by atoms with Crippen molar-refractivity contribution < 1.29 is 8.42 Å².